The molecule has 0 spiro atoms. The van der Waals surface area contributed by atoms with E-state index in [-0.39, 0.29) is 5.41 Å². The third kappa shape index (κ3) is 3.94. The van der Waals surface area contributed by atoms with Crippen LogP contribution in [0.1, 0.15) is 31.9 Å². The van der Waals surface area contributed by atoms with Crippen LogP contribution in [0.5, 0.6) is 0 Å². The lowest BCUT2D eigenvalue weighted by atomic mass is 9.87. The van der Waals surface area contributed by atoms with Crippen molar-refractivity contribution in [3.8, 4) is 0 Å². The lowest BCUT2D eigenvalue weighted by Crippen LogP contribution is -2.10. The van der Waals surface area contributed by atoms with Crippen LogP contribution >= 0.6 is 23.4 Å². The van der Waals surface area contributed by atoms with Gasteiger partial charge in [-0.25, -0.2) is 0 Å². The molecule has 0 aliphatic rings. The number of hydrogen-bond donors (Lipinski definition) is 1. The lowest BCUT2D eigenvalue weighted by Gasteiger charge is -2.19. The van der Waals surface area contributed by atoms with E-state index in [4.69, 9.17) is 17.3 Å². The van der Waals surface area contributed by atoms with E-state index in [1.165, 1.54) is 10.5 Å². The van der Waals surface area contributed by atoms with Crippen molar-refractivity contribution in [2.45, 2.75) is 36.8 Å². The van der Waals surface area contributed by atoms with Crippen LogP contribution in [0.3, 0.4) is 0 Å². The minimum Gasteiger partial charge on any atom is -0.399 e. The first-order valence-corrected chi connectivity index (χ1v) is 8.00. The number of hydrogen-bond acceptors (Lipinski definition) is 2. The number of benzene rings is 2. The molecule has 0 radical (unpaired) electrons. The quantitative estimate of drug-likeness (QED) is 0.597. The van der Waals surface area contributed by atoms with Crippen LogP contribution in [-0.4, -0.2) is 0 Å². The van der Waals surface area contributed by atoms with Crippen LogP contribution in [-0.2, 0) is 11.2 Å². The predicted molar refractivity (Wildman–Crippen MR) is 90.6 cm³/mol. The molecule has 3 heteroatoms. The van der Waals surface area contributed by atoms with Crippen molar-refractivity contribution in [2.24, 2.45) is 0 Å². The van der Waals surface area contributed by atoms with E-state index in [9.17, 15) is 0 Å². The first-order chi connectivity index (χ1) is 9.36. The highest BCUT2D eigenvalue weighted by Crippen LogP contribution is 2.30. The summed E-state index contributed by atoms with van der Waals surface area (Å²) >= 11 is 7.98. The summed E-state index contributed by atoms with van der Waals surface area (Å²) in [6, 6.07) is 14.4. The smallest absolute Gasteiger partial charge is 0.0466 e. The number of thioether (sulfide) groups is 1. The number of anilines is 1. The number of rotatable bonds is 3. The SMILES string of the molecule is CC(C)(C)c1ccc(SCc2ccc(N)cc2Cl)cc1. The molecule has 2 aromatic rings. The molecule has 2 N–H and O–H groups in total. The van der Waals surface area contributed by atoms with Crippen LogP contribution in [0.4, 0.5) is 5.69 Å². The number of nitrogen functional groups attached to an aromatic ring is 1. The van der Waals surface area contributed by atoms with Gasteiger partial charge in [-0.15, -0.1) is 11.8 Å². The Hall–Kier alpha value is -1.12. The average Bonchev–Trinajstić information content (AvgIpc) is 2.37. The van der Waals surface area contributed by atoms with Crippen molar-refractivity contribution in [2.75, 3.05) is 5.73 Å². The first kappa shape index (κ1) is 15.3. The number of nitrogens with two attached hydrogens (primary N) is 1. The Balaban J connectivity index is 2.04. The van der Waals surface area contributed by atoms with Crippen molar-refractivity contribution in [1.29, 1.82) is 0 Å². The van der Waals surface area contributed by atoms with E-state index in [0.29, 0.717) is 5.69 Å². The highest BCUT2D eigenvalue weighted by molar-refractivity contribution is 7.98. The zero-order chi connectivity index (χ0) is 14.8. The van der Waals surface area contributed by atoms with Crippen LogP contribution in [0.2, 0.25) is 5.02 Å². The minimum absolute atomic E-state index is 0.198. The standard InChI is InChI=1S/C17H20ClNS/c1-17(2,3)13-5-8-15(9-6-13)20-11-12-4-7-14(19)10-16(12)18/h4-10H,11,19H2,1-3H3. The van der Waals surface area contributed by atoms with Crippen LogP contribution in [0.15, 0.2) is 47.4 Å². The Morgan fingerprint density at radius 3 is 2.25 bits per heavy atom. The maximum Gasteiger partial charge on any atom is 0.0466 e. The molecule has 0 bridgehead atoms. The van der Waals surface area contributed by atoms with Gasteiger partial charge in [0.15, 0.2) is 0 Å². The van der Waals surface area contributed by atoms with Gasteiger partial charge in [0.05, 0.1) is 0 Å². The van der Waals surface area contributed by atoms with E-state index in [2.05, 4.69) is 45.0 Å². The summed E-state index contributed by atoms with van der Waals surface area (Å²) in [6.45, 7) is 6.68. The van der Waals surface area contributed by atoms with E-state index in [0.717, 1.165) is 16.3 Å². The minimum atomic E-state index is 0.198. The predicted octanol–water partition coefficient (Wildman–Crippen LogP) is 5.51. The van der Waals surface area contributed by atoms with Crippen molar-refractivity contribution in [1.82, 2.24) is 0 Å². The summed E-state index contributed by atoms with van der Waals surface area (Å²) in [6.07, 6.45) is 0. The topological polar surface area (TPSA) is 26.0 Å². The van der Waals surface area contributed by atoms with Crippen LogP contribution in [0.25, 0.3) is 0 Å². The summed E-state index contributed by atoms with van der Waals surface area (Å²) in [7, 11) is 0. The first-order valence-electron chi connectivity index (χ1n) is 6.63. The number of halogens is 1. The third-order valence-corrected chi connectivity index (χ3v) is 4.60. The van der Waals surface area contributed by atoms with Gasteiger partial charge in [-0.2, -0.15) is 0 Å². The zero-order valence-electron chi connectivity index (χ0n) is 12.1. The van der Waals surface area contributed by atoms with Gasteiger partial charge >= 0.3 is 0 Å². The highest BCUT2D eigenvalue weighted by atomic mass is 35.5. The Bertz CT molecular complexity index is 585. The van der Waals surface area contributed by atoms with Gasteiger partial charge in [0.2, 0.25) is 0 Å². The molecule has 0 saturated heterocycles. The fourth-order valence-electron chi connectivity index (χ4n) is 1.89. The zero-order valence-corrected chi connectivity index (χ0v) is 13.7. The van der Waals surface area contributed by atoms with Gasteiger partial charge in [-0.3, -0.25) is 0 Å². The summed E-state index contributed by atoms with van der Waals surface area (Å²) < 4.78 is 0. The van der Waals surface area contributed by atoms with Gasteiger partial charge in [0, 0.05) is 21.4 Å². The second kappa shape index (κ2) is 6.11. The Kier molecular flexibility index (Phi) is 4.66. The second-order valence-corrected chi connectivity index (χ2v) is 7.37. The summed E-state index contributed by atoms with van der Waals surface area (Å²) in [5.74, 6) is 0.855. The van der Waals surface area contributed by atoms with Crippen molar-refractivity contribution in [3.63, 3.8) is 0 Å². The Labute approximate surface area is 130 Å². The molecule has 20 heavy (non-hydrogen) atoms. The molecule has 0 unspecified atom stereocenters. The molecule has 0 aromatic heterocycles. The molecule has 2 rings (SSSR count). The molecule has 0 heterocycles. The summed E-state index contributed by atoms with van der Waals surface area (Å²) in [5.41, 5.74) is 9.08. The van der Waals surface area contributed by atoms with Gasteiger partial charge < -0.3 is 5.73 Å². The maximum atomic E-state index is 6.19. The van der Waals surface area contributed by atoms with E-state index < -0.39 is 0 Å². The van der Waals surface area contributed by atoms with Crippen molar-refractivity contribution >= 4 is 29.1 Å². The molecule has 1 nitrogen and oxygen atoms in total. The Morgan fingerprint density at radius 1 is 1.05 bits per heavy atom. The molecule has 0 atom stereocenters. The fourth-order valence-corrected chi connectivity index (χ4v) is 3.13. The van der Waals surface area contributed by atoms with Crippen LogP contribution in [0, 0.1) is 0 Å². The molecule has 0 aliphatic heterocycles. The monoisotopic (exact) mass is 305 g/mol. The molecular weight excluding hydrogens is 286 g/mol. The van der Waals surface area contributed by atoms with E-state index in [1.807, 2.05) is 12.1 Å². The summed E-state index contributed by atoms with van der Waals surface area (Å²) in [5, 5.41) is 0.740. The fraction of sp³-hybridized carbons (Fsp3) is 0.294. The van der Waals surface area contributed by atoms with Gasteiger partial charge in [0.25, 0.3) is 0 Å². The molecular formula is C17H20ClNS. The second-order valence-electron chi connectivity index (χ2n) is 5.91. The van der Waals surface area contributed by atoms with Crippen LogP contribution < -0.4 is 5.73 Å². The van der Waals surface area contributed by atoms with Gasteiger partial charge in [-0.1, -0.05) is 50.6 Å². The molecule has 106 valence electrons. The average molecular weight is 306 g/mol. The lowest BCUT2D eigenvalue weighted by molar-refractivity contribution is 0.590. The highest BCUT2D eigenvalue weighted by Gasteiger charge is 2.12. The van der Waals surface area contributed by atoms with Crippen molar-refractivity contribution < 1.29 is 0 Å². The third-order valence-electron chi connectivity index (χ3n) is 3.19. The van der Waals surface area contributed by atoms with Crippen molar-refractivity contribution in [3.05, 3.63) is 58.6 Å². The van der Waals surface area contributed by atoms with E-state index in [1.54, 1.807) is 17.8 Å². The normalized spacial score (nSPS) is 11.6. The molecule has 0 saturated carbocycles. The molecule has 0 aliphatic carbocycles. The molecule has 0 amide bonds. The molecule has 0 fully saturated rings. The van der Waals surface area contributed by atoms with Gasteiger partial charge in [0.1, 0.15) is 0 Å². The largest absolute Gasteiger partial charge is 0.399 e. The Morgan fingerprint density at radius 2 is 1.70 bits per heavy atom. The summed E-state index contributed by atoms with van der Waals surface area (Å²) in [4.78, 5) is 1.26. The van der Waals surface area contributed by atoms with E-state index >= 15 is 0 Å². The maximum absolute atomic E-state index is 6.19. The molecule has 2 aromatic carbocycles. The van der Waals surface area contributed by atoms with Gasteiger partial charge in [-0.05, 0) is 40.8 Å².